The van der Waals surface area contributed by atoms with Gasteiger partial charge >= 0.3 is 0 Å². The fourth-order valence-electron chi connectivity index (χ4n) is 1.52. The highest BCUT2D eigenvalue weighted by atomic mass is 16.3. The van der Waals surface area contributed by atoms with Crippen LogP contribution in [0.15, 0.2) is 24.0 Å². The number of hydrogen-bond acceptors (Lipinski definition) is 1. The molecular weight excluding hydrogens is 136 g/mol. The average Bonchev–Trinajstić information content (AvgIpc) is 1.97. The van der Waals surface area contributed by atoms with Crippen LogP contribution in [-0.4, -0.2) is 5.11 Å². The summed E-state index contributed by atoms with van der Waals surface area (Å²) >= 11 is 0. The van der Waals surface area contributed by atoms with Gasteiger partial charge in [-0.2, -0.15) is 0 Å². The minimum atomic E-state index is 0.293. The molecule has 0 saturated heterocycles. The molecule has 0 saturated carbocycles. The molecule has 1 heteroatoms. The standard InChI is InChI=1S/C10H16O/c1-3-6-10(2)7-4-9(11)5-8-10/h4-5,7,11H,3,6,8H2,1-2H3. The molecule has 1 N–H and O–H groups in total. The Hall–Kier alpha value is -0.720. The summed E-state index contributed by atoms with van der Waals surface area (Å²) < 4.78 is 0. The molecule has 0 aromatic heterocycles. The van der Waals surface area contributed by atoms with E-state index in [0.717, 1.165) is 6.42 Å². The zero-order valence-corrected chi connectivity index (χ0v) is 7.30. The minimum Gasteiger partial charge on any atom is -0.508 e. The first-order valence-electron chi connectivity index (χ1n) is 4.25. The van der Waals surface area contributed by atoms with Gasteiger partial charge in [-0.25, -0.2) is 0 Å². The molecule has 1 nitrogen and oxygen atoms in total. The molecule has 0 radical (unpaired) electrons. The maximum absolute atomic E-state index is 9.08. The van der Waals surface area contributed by atoms with Crippen LogP contribution in [-0.2, 0) is 0 Å². The van der Waals surface area contributed by atoms with E-state index in [0.29, 0.717) is 11.2 Å². The summed E-state index contributed by atoms with van der Waals surface area (Å²) in [5.74, 6) is 0.415. The third kappa shape index (κ3) is 2.11. The van der Waals surface area contributed by atoms with Crippen LogP contribution >= 0.6 is 0 Å². The van der Waals surface area contributed by atoms with Gasteiger partial charge in [0.1, 0.15) is 5.76 Å². The Morgan fingerprint density at radius 2 is 2.36 bits per heavy atom. The molecule has 0 aromatic rings. The maximum Gasteiger partial charge on any atom is 0.111 e. The first-order chi connectivity index (χ1) is 5.16. The largest absolute Gasteiger partial charge is 0.508 e. The van der Waals surface area contributed by atoms with Crippen molar-refractivity contribution in [2.45, 2.75) is 33.1 Å². The van der Waals surface area contributed by atoms with Crippen molar-refractivity contribution in [1.82, 2.24) is 0 Å². The third-order valence-corrected chi connectivity index (χ3v) is 2.26. The van der Waals surface area contributed by atoms with Gasteiger partial charge in [0.25, 0.3) is 0 Å². The third-order valence-electron chi connectivity index (χ3n) is 2.26. The molecule has 0 bridgehead atoms. The monoisotopic (exact) mass is 152 g/mol. The van der Waals surface area contributed by atoms with Crippen molar-refractivity contribution in [2.24, 2.45) is 5.41 Å². The Bertz CT molecular complexity index is 191. The predicted octanol–water partition coefficient (Wildman–Crippen LogP) is 3.19. The summed E-state index contributed by atoms with van der Waals surface area (Å²) in [7, 11) is 0. The van der Waals surface area contributed by atoms with Crippen molar-refractivity contribution in [3.63, 3.8) is 0 Å². The molecule has 1 unspecified atom stereocenters. The Kier molecular flexibility index (Phi) is 2.38. The topological polar surface area (TPSA) is 20.2 Å². The predicted molar refractivity (Wildman–Crippen MR) is 47.5 cm³/mol. The van der Waals surface area contributed by atoms with Crippen LogP contribution < -0.4 is 0 Å². The van der Waals surface area contributed by atoms with Crippen molar-refractivity contribution in [3.8, 4) is 0 Å². The fourth-order valence-corrected chi connectivity index (χ4v) is 1.52. The summed E-state index contributed by atoms with van der Waals surface area (Å²) in [5.41, 5.74) is 0.293. The molecule has 1 aliphatic carbocycles. The Morgan fingerprint density at radius 1 is 1.64 bits per heavy atom. The molecule has 1 aliphatic rings. The van der Waals surface area contributed by atoms with Crippen molar-refractivity contribution < 1.29 is 5.11 Å². The second-order valence-electron chi connectivity index (χ2n) is 3.57. The molecule has 0 fully saturated rings. The van der Waals surface area contributed by atoms with Crippen molar-refractivity contribution in [2.75, 3.05) is 0 Å². The molecule has 0 amide bonds. The summed E-state index contributed by atoms with van der Waals surface area (Å²) in [5, 5.41) is 9.08. The molecule has 1 rings (SSSR count). The maximum atomic E-state index is 9.08. The van der Waals surface area contributed by atoms with Gasteiger partial charge in [-0.15, -0.1) is 0 Å². The summed E-state index contributed by atoms with van der Waals surface area (Å²) in [6, 6.07) is 0. The van der Waals surface area contributed by atoms with Gasteiger partial charge in [-0.1, -0.05) is 26.3 Å². The summed E-state index contributed by atoms with van der Waals surface area (Å²) in [6.45, 7) is 4.42. The lowest BCUT2D eigenvalue weighted by Gasteiger charge is -2.26. The molecular formula is C10H16O. The van der Waals surface area contributed by atoms with E-state index >= 15 is 0 Å². The highest BCUT2D eigenvalue weighted by molar-refractivity contribution is 5.20. The Balaban J connectivity index is 2.58. The highest BCUT2D eigenvalue weighted by Gasteiger charge is 2.20. The zero-order chi connectivity index (χ0) is 8.32. The van der Waals surface area contributed by atoms with Crippen molar-refractivity contribution in [1.29, 1.82) is 0 Å². The normalized spacial score (nSPS) is 30.2. The van der Waals surface area contributed by atoms with Crippen LogP contribution in [0.5, 0.6) is 0 Å². The number of hydrogen-bond donors (Lipinski definition) is 1. The van der Waals surface area contributed by atoms with Gasteiger partial charge in [0.15, 0.2) is 0 Å². The van der Waals surface area contributed by atoms with Gasteiger partial charge in [0, 0.05) is 0 Å². The lowest BCUT2D eigenvalue weighted by molar-refractivity contribution is 0.360. The molecule has 0 aliphatic heterocycles. The first-order valence-corrected chi connectivity index (χ1v) is 4.25. The first kappa shape index (κ1) is 8.38. The Labute approximate surface area is 68.4 Å². The van der Waals surface area contributed by atoms with Crippen LogP contribution in [0.2, 0.25) is 0 Å². The van der Waals surface area contributed by atoms with Crippen LogP contribution in [0.4, 0.5) is 0 Å². The quantitative estimate of drug-likeness (QED) is 0.644. The number of aliphatic hydroxyl groups excluding tert-OH is 1. The van der Waals surface area contributed by atoms with E-state index in [-0.39, 0.29) is 0 Å². The van der Waals surface area contributed by atoms with Crippen LogP contribution in [0.3, 0.4) is 0 Å². The number of allylic oxidation sites excluding steroid dienone is 3. The van der Waals surface area contributed by atoms with Crippen LogP contribution in [0.25, 0.3) is 0 Å². The lowest BCUT2D eigenvalue weighted by Crippen LogP contribution is -2.14. The van der Waals surface area contributed by atoms with Gasteiger partial charge in [-0.3, -0.25) is 0 Å². The smallest absolute Gasteiger partial charge is 0.111 e. The van der Waals surface area contributed by atoms with Gasteiger partial charge in [0.2, 0.25) is 0 Å². The molecule has 0 heterocycles. The Morgan fingerprint density at radius 3 is 2.82 bits per heavy atom. The van der Waals surface area contributed by atoms with Crippen molar-refractivity contribution in [3.05, 3.63) is 24.0 Å². The van der Waals surface area contributed by atoms with Gasteiger partial charge < -0.3 is 5.11 Å². The van der Waals surface area contributed by atoms with E-state index in [4.69, 9.17) is 5.11 Å². The van der Waals surface area contributed by atoms with E-state index in [1.807, 2.05) is 6.08 Å². The zero-order valence-electron chi connectivity index (χ0n) is 7.30. The summed E-state index contributed by atoms with van der Waals surface area (Å²) in [4.78, 5) is 0. The van der Waals surface area contributed by atoms with E-state index in [1.54, 1.807) is 6.08 Å². The second-order valence-corrected chi connectivity index (χ2v) is 3.57. The molecule has 11 heavy (non-hydrogen) atoms. The second kappa shape index (κ2) is 3.12. The fraction of sp³-hybridized carbons (Fsp3) is 0.600. The SMILES string of the molecule is CCCC1(C)C=CC(O)=CC1. The number of rotatable bonds is 2. The van der Waals surface area contributed by atoms with Gasteiger partial charge in [0.05, 0.1) is 0 Å². The molecule has 0 aromatic carbocycles. The summed E-state index contributed by atoms with van der Waals surface area (Å²) in [6.07, 6.45) is 9.20. The highest BCUT2D eigenvalue weighted by Crippen LogP contribution is 2.33. The van der Waals surface area contributed by atoms with E-state index in [1.165, 1.54) is 12.8 Å². The molecule has 1 atom stereocenters. The molecule has 62 valence electrons. The van der Waals surface area contributed by atoms with E-state index in [9.17, 15) is 0 Å². The van der Waals surface area contributed by atoms with Crippen LogP contribution in [0.1, 0.15) is 33.1 Å². The van der Waals surface area contributed by atoms with Crippen LogP contribution in [0, 0.1) is 5.41 Å². The minimum absolute atomic E-state index is 0.293. The number of aliphatic hydroxyl groups is 1. The average molecular weight is 152 g/mol. The van der Waals surface area contributed by atoms with Crippen molar-refractivity contribution >= 4 is 0 Å². The van der Waals surface area contributed by atoms with E-state index in [2.05, 4.69) is 19.9 Å². The van der Waals surface area contributed by atoms with E-state index < -0.39 is 0 Å². The van der Waals surface area contributed by atoms with Gasteiger partial charge in [-0.05, 0) is 30.4 Å². The molecule has 0 spiro atoms. The lowest BCUT2D eigenvalue weighted by atomic mass is 9.80.